The van der Waals surface area contributed by atoms with Crippen LogP contribution in [-0.4, -0.2) is 37.6 Å². The Balaban J connectivity index is 2.40. The third-order valence-electron chi connectivity index (χ3n) is 4.85. The molecule has 0 heterocycles. The Morgan fingerprint density at radius 3 is 2.33 bits per heavy atom. The van der Waals surface area contributed by atoms with Gasteiger partial charge in [-0.25, -0.2) is 0 Å². The van der Waals surface area contributed by atoms with Gasteiger partial charge < -0.3 is 13.8 Å². The quantitative estimate of drug-likeness (QED) is 0.504. The monoisotopic (exact) mass is 453 g/mol. The van der Waals surface area contributed by atoms with E-state index in [2.05, 4.69) is 0 Å². The number of hydrogen-bond acceptors (Lipinski definition) is 5. The van der Waals surface area contributed by atoms with Crippen molar-refractivity contribution in [3.63, 3.8) is 0 Å². The first-order valence-electron chi connectivity index (χ1n) is 9.76. The van der Waals surface area contributed by atoms with Crippen molar-refractivity contribution < 1.29 is 22.1 Å². The molecule has 0 saturated heterocycles. The van der Waals surface area contributed by atoms with Crippen LogP contribution in [-0.2, 0) is 16.7 Å². The van der Waals surface area contributed by atoms with Crippen molar-refractivity contribution in [3.05, 3.63) is 58.6 Å². The van der Waals surface area contributed by atoms with E-state index in [4.69, 9.17) is 20.5 Å². The first kappa shape index (κ1) is 24.0. The van der Waals surface area contributed by atoms with E-state index in [-0.39, 0.29) is 24.2 Å². The fourth-order valence-corrected chi connectivity index (χ4v) is 3.53. The molecule has 0 radical (unpaired) electrons. The molecule has 2 aromatic rings. The van der Waals surface area contributed by atoms with Gasteiger partial charge in [0.15, 0.2) is 11.5 Å². The van der Waals surface area contributed by atoms with Gasteiger partial charge in [0.05, 0.1) is 22.9 Å². The second-order valence-corrected chi connectivity index (χ2v) is 9.78. The van der Waals surface area contributed by atoms with Crippen LogP contribution in [0, 0.1) is 0 Å². The van der Waals surface area contributed by atoms with Gasteiger partial charge in [0.2, 0.25) is 0 Å². The summed E-state index contributed by atoms with van der Waals surface area (Å²) in [6.45, 7) is 7.30. The number of ether oxygens (including phenoxy) is 1. The van der Waals surface area contributed by atoms with E-state index >= 15 is 0 Å². The third-order valence-corrected chi connectivity index (χ3v) is 6.75. The molecular weight excluding hydrogens is 426 g/mol. The Hall–Kier alpha value is -2.25. The molecular formula is C22H28ClNO5S. The molecule has 0 aliphatic rings. The van der Waals surface area contributed by atoms with Gasteiger partial charge in [-0.1, -0.05) is 36.7 Å². The van der Waals surface area contributed by atoms with E-state index in [0.717, 1.165) is 6.42 Å². The van der Waals surface area contributed by atoms with Gasteiger partial charge in [-0.15, -0.1) is 0 Å². The number of nitrogens with zero attached hydrogens (tertiary/aromatic N) is 1. The van der Waals surface area contributed by atoms with Crippen molar-refractivity contribution in [3.8, 4) is 11.5 Å². The van der Waals surface area contributed by atoms with E-state index in [1.807, 2.05) is 13.8 Å². The maximum absolute atomic E-state index is 13.2. The first-order valence-corrected chi connectivity index (χ1v) is 11.6. The molecule has 0 aliphatic heterocycles. The molecule has 0 aliphatic carbocycles. The average Bonchev–Trinajstić information content (AvgIpc) is 2.71. The molecule has 0 fully saturated rings. The largest absolute Gasteiger partial charge is 0.493 e. The van der Waals surface area contributed by atoms with Crippen LogP contribution in [0.4, 0.5) is 0 Å². The van der Waals surface area contributed by atoms with E-state index in [0.29, 0.717) is 21.9 Å². The van der Waals surface area contributed by atoms with Crippen LogP contribution in [0.25, 0.3) is 0 Å². The van der Waals surface area contributed by atoms with Crippen LogP contribution >= 0.6 is 11.6 Å². The van der Waals surface area contributed by atoms with E-state index in [1.54, 1.807) is 61.2 Å². The molecule has 0 saturated carbocycles. The predicted octanol–water partition coefficient (Wildman–Crippen LogP) is 4.91. The third kappa shape index (κ3) is 5.67. The van der Waals surface area contributed by atoms with Gasteiger partial charge in [0.1, 0.15) is 0 Å². The van der Waals surface area contributed by atoms with Gasteiger partial charge in [-0.3, -0.25) is 4.79 Å². The zero-order chi connectivity index (χ0) is 22.5. The minimum Gasteiger partial charge on any atom is -0.493 e. The number of amides is 1. The molecule has 1 atom stereocenters. The lowest BCUT2D eigenvalue weighted by atomic mass is 10.1. The molecule has 8 heteroatoms. The number of carbonyl (C=O) groups excluding carboxylic acids is 1. The highest BCUT2D eigenvalue weighted by Gasteiger charge is 2.24. The summed E-state index contributed by atoms with van der Waals surface area (Å²) in [5.74, 6) is 0.205. The highest BCUT2D eigenvalue weighted by atomic mass is 35.5. The number of methoxy groups -OCH3 is 1. The fraction of sp³-hybridized carbons (Fsp3) is 0.409. The van der Waals surface area contributed by atoms with E-state index in [1.165, 1.54) is 7.11 Å². The number of hydrogen-bond donors (Lipinski definition) is 0. The summed E-state index contributed by atoms with van der Waals surface area (Å²) in [5, 5.41) is -0.318. The molecule has 0 unspecified atom stereocenters. The number of benzene rings is 2. The van der Waals surface area contributed by atoms with Crippen LogP contribution < -0.4 is 8.92 Å². The summed E-state index contributed by atoms with van der Waals surface area (Å²) < 4.78 is 35.0. The lowest BCUT2D eigenvalue weighted by Gasteiger charge is -2.29. The molecule has 2 aromatic carbocycles. The van der Waals surface area contributed by atoms with Crippen molar-refractivity contribution in [2.75, 3.05) is 7.11 Å². The summed E-state index contributed by atoms with van der Waals surface area (Å²) in [7, 11) is -2.35. The molecule has 1 amide bonds. The molecule has 2 rings (SSSR count). The number of rotatable bonds is 9. The lowest BCUT2D eigenvalue weighted by Crippen LogP contribution is -2.38. The number of halogens is 1. The maximum atomic E-state index is 13.2. The lowest BCUT2D eigenvalue weighted by molar-refractivity contribution is 0.0671. The maximum Gasteiger partial charge on any atom is 0.311 e. The van der Waals surface area contributed by atoms with E-state index < -0.39 is 15.4 Å². The molecule has 0 N–H and O–H groups in total. The van der Waals surface area contributed by atoms with Gasteiger partial charge in [0.25, 0.3) is 5.91 Å². The normalized spacial score (nSPS) is 12.5. The van der Waals surface area contributed by atoms with Crippen LogP contribution in [0.2, 0.25) is 5.02 Å². The highest BCUT2D eigenvalue weighted by molar-refractivity contribution is 7.87. The Morgan fingerprint density at radius 1 is 1.10 bits per heavy atom. The Morgan fingerprint density at radius 2 is 1.77 bits per heavy atom. The first-order chi connectivity index (χ1) is 14.1. The molecule has 6 nitrogen and oxygen atoms in total. The predicted molar refractivity (Wildman–Crippen MR) is 119 cm³/mol. The summed E-state index contributed by atoms with van der Waals surface area (Å²) in [6, 6.07) is 11.9. The van der Waals surface area contributed by atoms with E-state index in [9.17, 15) is 13.2 Å². The summed E-state index contributed by atoms with van der Waals surface area (Å²) in [5.41, 5.74) is 1.14. The summed E-state index contributed by atoms with van der Waals surface area (Å²) in [4.78, 5) is 14.9. The highest BCUT2D eigenvalue weighted by Crippen LogP contribution is 2.31. The minimum atomic E-state index is -3.79. The minimum absolute atomic E-state index is 0.0559. The number of carbonyl (C=O) groups is 1. The van der Waals surface area contributed by atoms with Gasteiger partial charge in [0, 0.05) is 12.6 Å². The van der Waals surface area contributed by atoms with Crippen molar-refractivity contribution in [2.24, 2.45) is 0 Å². The van der Waals surface area contributed by atoms with Gasteiger partial charge in [-0.05, 0) is 57.0 Å². The van der Waals surface area contributed by atoms with Crippen LogP contribution in [0.5, 0.6) is 11.5 Å². The van der Waals surface area contributed by atoms with Crippen LogP contribution in [0.3, 0.4) is 0 Å². The zero-order valence-corrected chi connectivity index (χ0v) is 19.5. The molecule has 164 valence electrons. The van der Waals surface area contributed by atoms with Crippen molar-refractivity contribution in [2.45, 2.75) is 52.0 Å². The SMILES string of the molecule is CC[C@H](C)N(Cc1ccc(OC)c(OS(=O)(=O)C(C)C)c1)C(=O)c1ccccc1Cl. The molecule has 0 aromatic heterocycles. The Bertz CT molecular complexity index is 991. The van der Waals surface area contributed by atoms with Crippen molar-refractivity contribution in [1.82, 2.24) is 4.90 Å². The van der Waals surface area contributed by atoms with Crippen LogP contribution in [0.1, 0.15) is 50.0 Å². The molecule has 0 spiro atoms. The summed E-state index contributed by atoms with van der Waals surface area (Å²) >= 11 is 6.23. The molecule has 0 bridgehead atoms. The second-order valence-electron chi connectivity index (χ2n) is 7.28. The average molecular weight is 454 g/mol. The Kier molecular flexibility index (Phi) is 8.15. The van der Waals surface area contributed by atoms with Gasteiger partial charge in [-0.2, -0.15) is 8.42 Å². The zero-order valence-electron chi connectivity index (χ0n) is 17.9. The standard InChI is InChI=1S/C22H28ClNO5S/c1-6-16(4)24(22(25)18-9-7-8-10-19(18)23)14-17-11-12-20(28-5)21(13-17)29-30(26,27)15(2)3/h7-13,15-16H,6,14H2,1-5H3/t16-/m0/s1. The van der Waals surface area contributed by atoms with Crippen molar-refractivity contribution >= 4 is 27.6 Å². The smallest absolute Gasteiger partial charge is 0.311 e. The van der Waals surface area contributed by atoms with Crippen LogP contribution in [0.15, 0.2) is 42.5 Å². The molecule has 30 heavy (non-hydrogen) atoms. The fourth-order valence-electron chi connectivity index (χ4n) is 2.74. The topological polar surface area (TPSA) is 72.9 Å². The van der Waals surface area contributed by atoms with Gasteiger partial charge >= 0.3 is 10.1 Å². The van der Waals surface area contributed by atoms with Crippen molar-refractivity contribution in [1.29, 1.82) is 0 Å². The summed E-state index contributed by atoms with van der Waals surface area (Å²) in [6.07, 6.45) is 0.747. The Labute approximate surface area is 183 Å². The second kappa shape index (κ2) is 10.2.